The Kier molecular flexibility index (Phi) is 8.18. The van der Waals surface area contributed by atoms with Crippen molar-refractivity contribution in [3.8, 4) is 0 Å². The summed E-state index contributed by atoms with van der Waals surface area (Å²) in [7, 11) is 0. The second kappa shape index (κ2) is 10.2. The number of hydrogen-bond acceptors (Lipinski definition) is 2. The van der Waals surface area contributed by atoms with E-state index >= 15 is 0 Å². The van der Waals surface area contributed by atoms with E-state index in [1.165, 1.54) is 0 Å². The van der Waals surface area contributed by atoms with Gasteiger partial charge in [0.1, 0.15) is 0 Å². The molecular formula is C18H19ClN2O2. The van der Waals surface area contributed by atoms with E-state index in [-0.39, 0.29) is 18.8 Å². The first-order valence-corrected chi connectivity index (χ1v) is 7.11. The summed E-state index contributed by atoms with van der Waals surface area (Å²) in [4.78, 5) is 13.9. The van der Waals surface area contributed by atoms with Crippen LogP contribution >= 0.6 is 0 Å². The molecule has 0 saturated heterocycles. The highest BCUT2D eigenvalue weighted by molar-refractivity contribution is 5.77. The molecular weight excluding hydrogens is 312 g/mol. The van der Waals surface area contributed by atoms with Gasteiger partial charge in [-0.05, 0) is 18.6 Å². The third kappa shape index (κ3) is 7.29. The number of carboxylic acids is 1. The summed E-state index contributed by atoms with van der Waals surface area (Å²) < 4.78 is 0. The smallest absolute Gasteiger partial charge is 0.303 e. The molecule has 0 atom stereocenters. The number of benzene rings is 2. The predicted octanol–water partition coefficient (Wildman–Crippen LogP) is -0.666. The molecule has 0 aromatic heterocycles. The van der Waals surface area contributed by atoms with Crippen LogP contribution in [0, 0.1) is 0 Å². The van der Waals surface area contributed by atoms with Gasteiger partial charge < -0.3 is 22.8 Å². The molecule has 2 rings (SSSR count). The van der Waals surface area contributed by atoms with Crippen LogP contribution in [-0.2, 0) is 4.79 Å². The van der Waals surface area contributed by atoms with Crippen molar-refractivity contribution in [2.24, 2.45) is 0 Å². The maximum absolute atomic E-state index is 10.8. The Balaban J connectivity index is 0.00000264. The minimum atomic E-state index is -0.807. The zero-order valence-electron chi connectivity index (χ0n) is 12.6. The maximum Gasteiger partial charge on any atom is 0.303 e. The summed E-state index contributed by atoms with van der Waals surface area (Å²) in [6, 6.07) is 19.5. The van der Waals surface area contributed by atoms with Crippen LogP contribution in [0.15, 0.2) is 72.4 Å². The van der Waals surface area contributed by atoms with Crippen molar-refractivity contribution in [1.82, 2.24) is 0 Å². The van der Waals surface area contributed by atoms with Crippen LogP contribution in [0.25, 0.3) is 0 Å². The van der Waals surface area contributed by atoms with Crippen LogP contribution < -0.4 is 22.7 Å². The predicted molar refractivity (Wildman–Crippen MR) is 88.1 cm³/mol. The summed E-state index contributed by atoms with van der Waals surface area (Å²) in [5, 5.41) is 12.0. The molecule has 23 heavy (non-hydrogen) atoms. The summed E-state index contributed by atoms with van der Waals surface area (Å²) in [6.07, 6.45) is 4.20. The number of rotatable bonds is 7. The lowest BCUT2D eigenvalue weighted by Gasteiger charge is -2.02. The second-order valence-corrected chi connectivity index (χ2v) is 4.78. The number of nitrogens with one attached hydrogen (secondary N) is 2. The molecule has 0 spiro atoms. The van der Waals surface area contributed by atoms with Gasteiger partial charge in [-0.2, -0.15) is 0 Å². The largest absolute Gasteiger partial charge is 1.00 e. The molecule has 5 heteroatoms. The van der Waals surface area contributed by atoms with Crippen molar-refractivity contribution in [2.45, 2.75) is 12.8 Å². The van der Waals surface area contributed by atoms with Crippen molar-refractivity contribution < 1.29 is 27.3 Å². The lowest BCUT2D eigenvalue weighted by atomic mass is 10.1. The van der Waals surface area contributed by atoms with Gasteiger partial charge in [-0.15, -0.1) is 0 Å². The summed E-state index contributed by atoms with van der Waals surface area (Å²) in [5.74, 6) is -0.807. The lowest BCUT2D eigenvalue weighted by molar-refractivity contribution is -0.347. The summed E-state index contributed by atoms with van der Waals surface area (Å²) in [6.45, 7) is 0. The van der Waals surface area contributed by atoms with Crippen LogP contribution in [0.1, 0.15) is 12.8 Å². The fraction of sp³-hybridized carbons (Fsp3) is 0.111. The second-order valence-electron chi connectivity index (χ2n) is 4.78. The molecule has 4 nitrogen and oxygen atoms in total. The Morgan fingerprint density at radius 1 is 1.00 bits per heavy atom. The van der Waals surface area contributed by atoms with E-state index in [1.807, 2.05) is 73.1 Å². The van der Waals surface area contributed by atoms with E-state index in [1.54, 1.807) is 0 Å². The Bertz CT molecular complexity index is 655. The van der Waals surface area contributed by atoms with Crippen LogP contribution in [-0.4, -0.2) is 17.3 Å². The number of carboxylic acid groups (broad SMARTS) is 1. The Morgan fingerprint density at radius 3 is 2.22 bits per heavy atom. The fourth-order valence-electron chi connectivity index (χ4n) is 1.86. The highest BCUT2D eigenvalue weighted by atomic mass is 35.5. The number of carbonyl (C=O) groups is 1. The van der Waals surface area contributed by atoms with Crippen LogP contribution in [0.4, 0.5) is 11.4 Å². The van der Waals surface area contributed by atoms with Crippen LogP contribution in [0.5, 0.6) is 0 Å². The molecule has 0 unspecified atom stereocenters. The first kappa shape index (κ1) is 18.5. The Hall–Kier alpha value is -2.59. The third-order valence-electron chi connectivity index (χ3n) is 3.02. The quantitative estimate of drug-likeness (QED) is 0.590. The van der Waals surface area contributed by atoms with Crippen molar-refractivity contribution in [2.75, 3.05) is 5.32 Å². The van der Waals surface area contributed by atoms with Crippen molar-refractivity contribution in [1.29, 1.82) is 0 Å². The SMILES string of the molecule is O=C(O)CC/C(C=[NH+]c1ccccc1)=C\Nc1ccccc1.[Cl-]. The van der Waals surface area contributed by atoms with E-state index in [4.69, 9.17) is 5.11 Å². The standard InChI is InChI=1S/C18H18N2O2.ClH/c21-18(22)12-11-15(13-19-16-7-3-1-4-8-16)14-20-17-9-5-2-6-10-17;/h1-10,13-14,19H,11-12H2,(H,21,22);1H/b15-13+,20-14?;. The van der Waals surface area contributed by atoms with Gasteiger partial charge in [0, 0.05) is 36.0 Å². The maximum atomic E-state index is 10.8. The van der Waals surface area contributed by atoms with E-state index in [0.717, 1.165) is 16.9 Å². The van der Waals surface area contributed by atoms with Crippen molar-refractivity contribution in [3.05, 3.63) is 72.4 Å². The number of allylic oxidation sites excluding steroid dienone is 1. The van der Waals surface area contributed by atoms with Gasteiger partial charge in [-0.3, -0.25) is 4.79 Å². The zero-order chi connectivity index (χ0) is 15.6. The molecule has 0 aliphatic carbocycles. The van der Waals surface area contributed by atoms with E-state index in [0.29, 0.717) is 6.42 Å². The number of hydrogen-bond donors (Lipinski definition) is 3. The van der Waals surface area contributed by atoms with Gasteiger partial charge >= 0.3 is 5.97 Å². The van der Waals surface area contributed by atoms with E-state index in [2.05, 4.69) is 10.3 Å². The molecule has 2 aromatic carbocycles. The Labute approximate surface area is 142 Å². The average Bonchev–Trinajstić information content (AvgIpc) is 2.56. The minimum absolute atomic E-state index is 0. The molecule has 0 heterocycles. The molecule has 120 valence electrons. The lowest BCUT2D eigenvalue weighted by Crippen LogP contribution is -3.00. The first-order valence-electron chi connectivity index (χ1n) is 7.11. The van der Waals surface area contributed by atoms with Gasteiger partial charge in [-0.25, -0.2) is 4.99 Å². The number of para-hydroxylation sites is 2. The van der Waals surface area contributed by atoms with E-state index in [9.17, 15) is 4.79 Å². The van der Waals surface area contributed by atoms with Gasteiger partial charge in [0.25, 0.3) is 0 Å². The molecule has 2 aromatic rings. The van der Waals surface area contributed by atoms with Crippen LogP contribution in [0.3, 0.4) is 0 Å². The van der Waals surface area contributed by atoms with Gasteiger partial charge in [0.15, 0.2) is 6.21 Å². The highest BCUT2D eigenvalue weighted by Crippen LogP contribution is 2.07. The number of halogens is 1. The molecule has 0 aliphatic heterocycles. The minimum Gasteiger partial charge on any atom is -1.00 e. The molecule has 0 saturated carbocycles. The zero-order valence-corrected chi connectivity index (χ0v) is 13.3. The molecule has 0 fully saturated rings. The molecule has 0 aliphatic rings. The summed E-state index contributed by atoms with van der Waals surface area (Å²) >= 11 is 0. The monoisotopic (exact) mass is 330 g/mol. The topological polar surface area (TPSA) is 63.3 Å². The average molecular weight is 331 g/mol. The van der Waals surface area contributed by atoms with Crippen molar-refractivity contribution in [3.63, 3.8) is 0 Å². The van der Waals surface area contributed by atoms with Gasteiger partial charge in [-0.1, -0.05) is 36.4 Å². The molecule has 0 radical (unpaired) electrons. The Morgan fingerprint density at radius 2 is 1.61 bits per heavy atom. The first-order chi connectivity index (χ1) is 10.7. The normalized spacial score (nSPS) is 11.0. The van der Waals surface area contributed by atoms with Gasteiger partial charge in [0.05, 0.1) is 0 Å². The van der Waals surface area contributed by atoms with Crippen LogP contribution in [0.2, 0.25) is 0 Å². The molecule has 0 bridgehead atoms. The van der Waals surface area contributed by atoms with E-state index < -0.39 is 5.97 Å². The highest BCUT2D eigenvalue weighted by Gasteiger charge is 2.03. The van der Waals surface area contributed by atoms with Gasteiger partial charge in [0.2, 0.25) is 5.69 Å². The number of aliphatic carboxylic acids is 1. The molecule has 0 amide bonds. The molecule has 3 N–H and O–H groups in total. The third-order valence-corrected chi connectivity index (χ3v) is 3.02. The van der Waals surface area contributed by atoms with Crippen molar-refractivity contribution >= 4 is 23.6 Å². The fourth-order valence-corrected chi connectivity index (χ4v) is 1.86. The number of anilines is 1. The summed E-state index contributed by atoms with van der Waals surface area (Å²) in [5.41, 5.74) is 2.81.